The summed E-state index contributed by atoms with van der Waals surface area (Å²) in [5.74, 6) is -2.17. The molecule has 1 rings (SSSR count). The molecule has 0 radical (unpaired) electrons. The van der Waals surface area contributed by atoms with Crippen LogP contribution < -0.4 is 11.1 Å². The van der Waals surface area contributed by atoms with E-state index in [9.17, 15) is 14.0 Å². The van der Waals surface area contributed by atoms with E-state index in [1.807, 2.05) is 6.92 Å². The lowest BCUT2D eigenvalue weighted by molar-refractivity contribution is -0.117. The van der Waals surface area contributed by atoms with Crippen LogP contribution in [0.15, 0.2) is 18.2 Å². The predicted octanol–water partition coefficient (Wildman–Crippen LogP) is 1.84. The average Bonchev–Trinajstić information content (AvgIpc) is 2.35. The molecular weight excluding hydrogens is 251 g/mol. The lowest BCUT2D eigenvalue weighted by Gasteiger charge is -2.13. The number of carbonyl (C=O) groups is 2. The van der Waals surface area contributed by atoms with Gasteiger partial charge in [0.1, 0.15) is 5.82 Å². The highest BCUT2D eigenvalue weighted by Gasteiger charge is 2.15. The van der Waals surface area contributed by atoms with Crippen LogP contribution in [0, 0.1) is 11.7 Å². The Morgan fingerprint density at radius 2 is 2.16 bits per heavy atom. The Hall–Kier alpha value is -1.95. The van der Waals surface area contributed by atoms with Gasteiger partial charge in [0.15, 0.2) is 0 Å². The van der Waals surface area contributed by atoms with Gasteiger partial charge in [0.25, 0.3) is 0 Å². The minimum atomic E-state index is -1.22. The molecule has 0 saturated heterocycles. The zero-order valence-corrected chi connectivity index (χ0v) is 10.6. The van der Waals surface area contributed by atoms with Crippen molar-refractivity contribution in [2.75, 3.05) is 11.9 Å². The molecule has 0 spiro atoms. The van der Waals surface area contributed by atoms with Gasteiger partial charge in [-0.1, -0.05) is 13.3 Å². The van der Waals surface area contributed by atoms with Crippen LogP contribution in [0.5, 0.6) is 0 Å². The van der Waals surface area contributed by atoms with Crippen LogP contribution in [0.4, 0.5) is 10.1 Å². The van der Waals surface area contributed by atoms with E-state index in [0.29, 0.717) is 6.54 Å². The fraction of sp³-hybridized carbons (Fsp3) is 0.385. The molecule has 0 saturated carbocycles. The minimum absolute atomic E-state index is 0.0295. The molecule has 6 heteroatoms. The third-order valence-corrected chi connectivity index (χ3v) is 2.87. The smallest absolute Gasteiger partial charge is 0.337 e. The van der Waals surface area contributed by atoms with Crippen LogP contribution >= 0.6 is 0 Å². The van der Waals surface area contributed by atoms with Crippen LogP contribution in [0.1, 0.15) is 30.1 Å². The molecule has 1 atom stereocenters. The quantitative estimate of drug-likeness (QED) is 0.734. The molecule has 1 amide bonds. The number of carboxylic acid groups (broad SMARTS) is 1. The molecule has 0 aliphatic rings. The number of carboxylic acids is 1. The molecule has 104 valence electrons. The largest absolute Gasteiger partial charge is 0.478 e. The van der Waals surface area contributed by atoms with Gasteiger partial charge in [0, 0.05) is 6.42 Å². The first-order valence-electron chi connectivity index (χ1n) is 6.00. The topological polar surface area (TPSA) is 92.4 Å². The van der Waals surface area contributed by atoms with Crippen molar-refractivity contribution in [2.45, 2.75) is 19.8 Å². The van der Waals surface area contributed by atoms with Crippen molar-refractivity contribution >= 4 is 17.6 Å². The van der Waals surface area contributed by atoms with Crippen molar-refractivity contribution in [2.24, 2.45) is 11.7 Å². The first-order chi connectivity index (χ1) is 8.97. The molecule has 4 N–H and O–H groups in total. The van der Waals surface area contributed by atoms with Crippen molar-refractivity contribution in [3.05, 3.63) is 29.6 Å². The van der Waals surface area contributed by atoms with E-state index >= 15 is 0 Å². The van der Waals surface area contributed by atoms with Crippen LogP contribution in [-0.2, 0) is 4.79 Å². The predicted molar refractivity (Wildman–Crippen MR) is 69.4 cm³/mol. The third-order valence-electron chi connectivity index (χ3n) is 2.87. The number of hydrogen-bond acceptors (Lipinski definition) is 3. The van der Waals surface area contributed by atoms with Crippen LogP contribution in [0.25, 0.3) is 0 Å². The Balaban J connectivity index is 2.83. The Kier molecular flexibility index (Phi) is 5.44. The van der Waals surface area contributed by atoms with Crippen molar-refractivity contribution in [1.29, 1.82) is 0 Å². The summed E-state index contributed by atoms with van der Waals surface area (Å²) in [6.07, 6.45) is 0.932. The Bertz CT molecular complexity index is 473. The lowest BCUT2D eigenvalue weighted by Crippen LogP contribution is -2.22. The Labute approximate surface area is 110 Å². The zero-order chi connectivity index (χ0) is 14.4. The molecule has 0 fully saturated rings. The first kappa shape index (κ1) is 15.1. The number of nitrogens with one attached hydrogen (secondary N) is 1. The second-order valence-electron chi connectivity index (χ2n) is 4.26. The van der Waals surface area contributed by atoms with Crippen LogP contribution in [0.2, 0.25) is 0 Å². The first-order valence-corrected chi connectivity index (χ1v) is 6.00. The number of aromatic carboxylic acids is 1. The van der Waals surface area contributed by atoms with Gasteiger partial charge in [-0.3, -0.25) is 4.79 Å². The molecule has 0 aliphatic heterocycles. The Morgan fingerprint density at radius 1 is 1.47 bits per heavy atom. The maximum Gasteiger partial charge on any atom is 0.337 e. The third kappa shape index (κ3) is 4.33. The molecule has 19 heavy (non-hydrogen) atoms. The SMILES string of the molecule is CCC(CN)CC(=O)Nc1cc(F)ccc1C(=O)O. The fourth-order valence-corrected chi connectivity index (χ4v) is 1.66. The molecule has 1 aromatic rings. The summed E-state index contributed by atoms with van der Waals surface area (Å²) in [6, 6.07) is 3.14. The van der Waals surface area contributed by atoms with Gasteiger partial charge in [-0.2, -0.15) is 0 Å². The summed E-state index contributed by atoms with van der Waals surface area (Å²) in [4.78, 5) is 22.7. The summed E-state index contributed by atoms with van der Waals surface area (Å²) < 4.78 is 13.1. The van der Waals surface area contributed by atoms with E-state index in [2.05, 4.69) is 5.32 Å². The second kappa shape index (κ2) is 6.84. The van der Waals surface area contributed by atoms with Gasteiger partial charge in [0.2, 0.25) is 5.91 Å². The molecule has 0 aliphatic carbocycles. The van der Waals surface area contributed by atoms with E-state index in [1.165, 1.54) is 0 Å². The van der Waals surface area contributed by atoms with Gasteiger partial charge in [-0.05, 0) is 30.7 Å². The van der Waals surface area contributed by atoms with E-state index in [4.69, 9.17) is 10.8 Å². The number of benzene rings is 1. The highest BCUT2D eigenvalue weighted by molar-refractivity contribution is 6.00. The van der Waals surface area contributed by atoms with Gasteiger partial charge in [-0.15, -0.1) is 0 Å². The highest BCUT2D eigenvalue weighted by Crippen LogP contribution is 2.18. The lowest BCUT2D eigenvalue weighted by atomic mass is 10.0. The molecule has 0 aromatic heterocycles. The van der Waals surface area contributed by atoms with Crippen molar-refractivity contribution in [3.63, 3.8) is 0 Å². The van der Waals surface area contributed by atoms with Crippen molar-refractivity contribution in [1.82, 2.24) is 0 Å². The average molecular weight is 268 g/mol. The highest BCUT2D eigenvalue weighted by atomic mass is 19.1. The number of anilines is 1. The van der Waals surface area contributed by atoms with Crippen LogP contribution in [-0.4, -0.2) is 23.5 Å². The normalized spacial score (nSPS) is 11.9. The standard InChI is InChI=1S/C13H17FN2O3/c1-2-8(7-15)5-12(17)16-11-6-9(14)3-4-10(11)13(18)19/h3-4,6,8H,2,5,7,15H2,1H3,(H,16,17)(H,18,19). The molecular formula is C13H17FN2O3. The van der Waals surface area contributed by atoms with Gasteiger partial charge >= 0.3 is 5.97 Å². The van der Waals surface area contributed by atoms with Gasteiger partial charge < -0.3 is 16.2 Å². The number of halogens is 1. The van der Waals surface area contributed by atoms with E-state index < -0.39 is 11.8 Å². The van der Waals surface area contributed by atoms with E-state index in [1.54, 1.807) is 0 Å². The van der Waals surface area contributed by atoms with Crippen molar-refractivity contribution < 1.29 is 19.1 Å². The van der Waals surface area contributed by atoms with E-state index in [0.717, 1.165) is 24.6 Å². The molecule has 0 heterocycles. The molecule has 1 aromatic carbocycles. The summed E-state index contributed by atoms with van der Waals surface area (Å²) in [5.41, 5.74) is 5.31. The number of hydrogen-bond donors (Lipinski definition) is 3. The fourth-order valence-electron chi connectivity index (χ4n) is 1.66. The summed E-state index contributed by atoms with van der Waals surface area (Å²) in [7, 11) is 0. The van der Waals surface area contributed by atoms with Crippen LogP contribution in [0.3, 0.4) is 0 Å². The summed E-state index contributed by atoms with van der Waals surface area (Å²) >= 11 is 0. The number of amides is 1. The van der Waals surface area contributed by atoms with Gasteiger partial charge in [-0.25, -0.2) is 9.18 Å². The maximum absolute atomic E-state index is 13.1. The molecule has 1 unspecified atom stereocenters. The van der Waals surface area contributed by atoms with E-state index in [-0.39, 0.29) is 29.5 Å². The zero-order valence-electron chi connectivity index (χ0n) is 10.6. The number of carbonyl (C=O) groups excluding carboxylic acids is 1. The minimum Gasteiger partial charge on any atom is -0.478 e. The summed E-state index contributed by atoms with van der Waals surface area (Å²) in [5, 5.41) is 11.4. The van der Waals surface area contributed by atoms with Gasteiger partial charge in [0.05, 0.1) is 11.3 Å². The number of nitrogens with two attached hydrogens (primary N) is 1. The van der Waals surface area contributed by atoms with Crippen molar-refractivity contribution in [3.8, 4) is 0 Å². The monoisotopic (exact) mass is 268 g/mol. The molecule has 0 bridgehead atoms. The summed E-state index contributed by atoms with van der Waals surface area (Å²) in [6.45, 7) is 2.29. The Morgan fingerprint density at radius 3 is 2.68 bits per heavy atom. The number of rotatable bonds is 6. The molecule has 5 nitrogen and oxygen atoms in total. The second-order valence-corrected chi connectivity index (χ2v) is 4.26. The maximum atomic E-state index is 13.1.